The third-order valence-corrected chi connectivity index (χ3v) is 4.92. The smallest absolute Gasteiger partial charge is 0.223 e. The highest BCUT2D eigenvalue weighted by Gasteiger charge is 2.34. The lowest BCUT2D eigenvalue weighted by Gasteiger charge is -2.30. The van der Waals surface area contributed by atoms with Crippen molar-refractivity contribution in [3.63, 3.8) is 0 Å². The Morgan fingerprint density at radius 2 is 2.15 bits per heavy atom. The molecular formula is C17H29NO2. The number of carbonyl (C=O) groups excluding carboxylic acids is 1. The first-order chi connectivity index (χ1) is 9.76. The number of allylic oxidation sites excluding steroid dienone is 2. The van der Waals surface area contributed by atoms with E-state index in [0.29, 0.717) is 5.41 Å². The van der Waals surface area contributed by atoms with E-state index in [1.807, 2.05) is 6.92 Å². The van der Waals surface area contributed by atoms with Crippen LogP contribution in [-0.2, 0) is 9.53 Å². The van der Waals surface area contributed by atoms with Gasteiger partial charge in [-0.1, -0.05) is 25.0 Å². The second-order valence-electron chi connectivity index (χ2n) is 6.35. The SMILES string of the molecule is CCOCCC1(CNC(=O)C2CC=CCC2)CCCC1. The van der Waals surface area contributed by atoms with Gasteiger partial charge in [-0.2, -0.15) is 0 Å². The fourth-order valence-corrected chi connectivity index (χ4v) is 3.52. The van der Waals surface area contributed by atoms with Crippen LogP contribution in [0.4, 0.5) is 0 Å². The Labute approximate surface area is 123 Å². The van der Waals surface area contributed by atoms with Gasteiger partial charge >= 0.3 is 0 Å². The summed E-state index contributed by atoms with van der Waals surface area (Å²) in [5.41, 5.74) is 0.301. The highest BCUT2D eigenvalue weighted by atomic mass is 16.5. The first-order valence-corrected chi connectivity index (χ1v) is 8.26. The molecule has 20 heavy (non-hydrogen) atoms. The monoisotopic (exact) mass is 279 g/mol. The second-order valence-corrected chi connectivity index (χ2v) is 6.35. The van der Waals surface area contributed by atoms with Gasteiger partial charge in [0.05, 0.1) is 0 Å². The van der Waals surface area contributed by atoms with Gasteiger partial charge in [-0.25, -0.2) is 0 Å². The van der Waals surface area contributed by atoms with Crippen molar-refractivity contribution in [2.75, 3.05) is 19.8 Å². The molecule has 1 amide bonds. The molecular weight excluding hydrogens is 250 g/mol. The maximum absolute atomic E-state index is 12.3. The van der Waals surface area contributed by atoms with E-state index < -0.39 is 0 Å². The number of amides is 1. The summed E-state index contributed by atoms with van der Waals surface area (Å²) in [5.74, 6) is 0.461. The van der Waals surface area contributed by atoms with E-state index in [-0.39, 0.29) is 11.8 Å². The average molecular weight is 279 g/mol. The van der Waals surface area contributed by atoms with E-state index in [9.17, 15) is 4.79 Å². The van der Waals surface area contributed by atoms with Gasteiger partial charge in [0, 0.05) is 25.7 Å². The Morgan fingerprint density at radius 1 is 1.35 bits per heavy atom. The third-order valence-electron chi connectivity index (χ3n) is 4.92. The summed E-state index contributed by atoms with van der Waals surface area (Å²) in [7, 11) is 0. The molecule has 0 radical (unpaired) electrons. The predicted octanol–water partition coefficient (Wildman–Crippen LogP) is 3.45. The zero-order valence-electron chi connectivity index (χ0n) is 12.8. The van der Waals surface area contributed by atoms with E-state index in [2.05, 4.69) is 17.5 Å². The van der Waals surface area contributed by atoms with E-state index in [1.54, 1.807) is 0 Å². The highest BCUT2D eigenvalue weighted by molar-refractivity contribution is 5.79. The Morgan fingerprint density at radius 3 is 2.80 bits per heavy atom. The van der Waals surface area contributed by atoms with Crippen LogP contribution >= 0.6 is 0 Å². The molecule has 1 saturated carbocycles. The van der Waals surface area contributed by atoms with E-state index in [1.165, 1.54) is 25.7 Å². The summed E-state index contributed by atoms with van der Waals surface area (Å²) < 4.78 is 5.52. The molecule has 2 aliphatic rings. The topological polar surface area (TPSA) is 38.3 Å². The quantitative estimate of drug-likeness (QED) is 0.572. The fourth-order valence-electron chi connectivity index (χ4n) is 3.52. The van der Waals surface area contributed by atoms with Crippen LogP contribution in [0.2, 0.25) is 0 Å². The van der Waals surface area contributed by atoms with Crippen LogP contribution in [0.5, 0.6) is 0 Å². The maximum atomic E-state index is 12.3. The van der Waals surface area contributed by atoms with Gasteiger partial charge in [-0.3, -0.25) is 4.79 Å². The van der Waals surface area contributed by atoms with Gasteiger partial charge < -0.3 is 10.1 Å². The highest BCUT2D eigenvalue weighted by Crippen LogP contribution is 2.40. The van der Waals surface area contributed by atoms with E-state index >= 15 is 0 Å². The molecule has 0 aromatic rings. The number of carbonyl (C=O) groups is 1. The van der Waals surface area contributed by atoms with Crippen LogP contribution in [0.3, 0.4) is 0 Å². The van der Waals surface area contributed by atoms with Gasteiger partial charge in [0.25, 0.3) is 0 Å². The van der Waals surface area contributed by atoms with Gasteiger partial charge in [0.15, 0.2) is 0 Å². The zero-order chi connectivity index (χ0) is 14.3. The van der Waals surface area contributed by atoms with Gasteiger partial charge in [-0.05, 0) is 50.9 Å². The minimum Gasteiger partial charge on any atom is -0.382 e. The van der Waals surface area contributed by atoms with Crippen molar-refractivity contribution >= 4 is 5.91 Å². The molecule has 3 heteroatoms. The number of hydrogen-bond donors (Lipinski definition) is 1. The molecule has 2 rings (SSSR count). The molecule has 0 aromatic heterocycles. The van der Waals surface area contributed by atoms with E-state index in [0.717, 1.165) is 45.4 Å². The number of nitrogens with one attached hydrogen (secondary N) is 1. The molecule has 3 nitrogen and oxygen atoms in total. The van der Waals surface area contributed by atoms with Crippen LogP contribution in [-0.4, -0.2) is 25.7 Å². The van der Waals surface area contributed by atoms with Crippen LogP contribution < -0.4 is 5.32 Å². The minimum atomic E-state index is 0.199. The van der Waals surface area contributed by atoms with Crippen LogP contribution in [0.15, 0.2) is 12.2 Å². The predicted molar refractivity (Wildman–Crippen MR) is 81.5 cm³/mol. The first kappa shape index (κ1) is 15.6. The Hall–Kier alpha value is -0.830. The first-order valence-electron chi connectivity index (χ1n) is 8.26. The van der Waals surface area contributed by atoms with Crippen molar-refractivity contribution < 1.29 is 9.53 Å². The van der Waals surface area contributed by atoms with Crippen LogP contribution in [0.1, 0.15) is 58.3 Å². The summed E-state index contributed by atoms with van der Waals surface area (Å²) in [6.07, 6.45) is 13.5. The molecule has 0 aromatic carbocycles. The molecule has 0 spiro atoms. The third kappa shape index (κ3) is 4.34. The average Bonchev–Trinajstić information content (AvgIpc) is 2.95. The molecule has 114 valence electrons. The Bertz CT molecular complexity index is 332. The molecule has 0 heterocycles. The summed E-state index contributed by atoms with van der Waals surface area (Å²) in [5, 5.41) is 3.23. The van der Waals surface area contributed by atoms with Crippen LogP contribution in [0, 0.1) is 11.3 Å². The number of ether oxygens (including phenoxy) is 1. The molecule has 2 aliphatic carbocycles. The lowest BCUT2D eigenvalue weighted by molar-refractivity contribution is -0.125. The zero-order valence-corrected chi connectivity index (χ0v) is 12.8. The largest absolute Gasteiger partial charge is 0.382 e. The lowest BCUT2D eigenvalue weighted by atomic mass is 9.82. The molecule has 1 N–H and O–H groups in total. The Kier molecular flexibility index (Phi) is 6.08. The maximum Gasteiger partial charge on any atom is 0.223 e. The van der Waals surface area contributed by atoms with Crippen molar-refractivity contribution in [1.82, 2.24) is 5.32 Å². The summed E-state index contributed by atoms with van der Waals surface area (Å²) >= 11 is 0. The van der Waals surface area contributed by atoms with Gasteiger partial charge in [0.1, 0.15) is 0 Å². The van der Waals surface area contributed by atoms with Crippen molar-refractivity contribution in [1.29, 1.82) is 0 Å². The summed E-state index contributed by atoms with van der Waals surface area (Å²) in [6, 6.07) is 0. The molecule has 0 bridgehead atoms. The number of rotatable bonds is 7. The lowest BCUT2D eigenvalue weighted by Crippen LogP contribution is -2.40. The molecule has 0 aliphatic heterocycles. The van der Waals surface area contributed by atoms with Crippen LogP contribution in [0.25, 0.3) is 0 Å². The standard InChI is InChI=1S/C17H29NO2/c1-2-20-13-12-17(10-6-7-11-17)14-18-16(19)15-8-4-3-5-9-15/h3-4,15H,2,5-14H2,1H3,(H,18,19). The van der Waals surface area contributed by atoms with Crippen molar-refractivity contribution in [2.45, 2.75) is 58.3 Å². The minimum absolute atomic E-state index is 0.199. The van der Waals surface area contributed by atoms with Crippen molar-refractivity contribution in [3.8, 4) is 0 Å². The van der Waals surface area contributed by atoms with Gasteiger partial charge in [-0.15, -0.1) is 0 Å². The fraction of sp³-hybridized carbons (Fsp3) is 0.824. The molecule has 0 saturated heterocycles. The summed E-state index contributed by atoms with van der Waals surface area (Å²) in [6.45, 7) is 4.51. The summed E-state index contributed by atoms with van der Waals surface area (Å²) in [4.78, 5) is 12.3. The van der Waals surface area contributed by atoms with Crippen molar-refractivity contribution in [3.05, 3.63) is 12.2 Å². The molecule has 1 fully saturated rings. The van der Waals surface area contributed by atoms with E-state index in [4.69, 9.17) is 4.74 Å². The molecule has 1 unspecified atom stereocenters. The molecule has 1 atom stereocenters. The van der Waals surface area contributed by atoms with Gasteiger partial charge in [0.2, 0.25) is 5.91 Å². The Balaban J connectivity index is 1.79. The second kappa shape index (κ2) is 7.82. The normalized spacial score (nSPS) is 24.8. The van der Waals surface area contributed by atoms with Crippen molar-refractivity contribution in [2.24, 2.45) is 11.3 Å². The number of hydrogen-bond acceptors (Lipinski definition) is 2.